The van der Waals surface area contributed by atoms with Crippen molar-refractivity contribution < 1.29 is 4.79 Å². The maximum atomic E-state index is 11.5. The molecule has 1 amide bonds. The Morgan fingerprint density at radius 1 is 1.21 bits per heavy atom. The first-order valence-corrected chi connectivity index (χ1v) is 5.31. The Kier molecular flexibility index (Phi) is 5.77. The number of carbonyl (C=O) groups excluding carboxylic acids is 1. The van der Waals surface area contributed by atoms with Crippen LogP contribution < -0.4 is 5.32 Å². The Bertz CT molecular complexity index is 178. The van der Waals surface area contributed by atoms with Gasteiger partial charge in [0.1, 0.15) is 0 Å². The Labute approximate surface area is 87.9 Å². The quantitative estimate of drug-likeness (QED) is 0.729. The summed E-state index contributed by atoms with van der Waals surface area (Å²) >= 11 is 0. The van der Waals surface area contributed by atoms with Gasteiger partial charge in [0.05, 0.1) is 6.04 Å². The minimum absolute atomic E-state index is 0.0845. The van der Waals surface area contributed by atoms with E-state index in [1.807, 2.05) is 6.92 Å². The normalized spacial score (nSPS) is 15.4. The lowest BCUT2D eigenvalue weighted by molar-refractivity contribution is -0.130. The summed E-state index contributed by atoms with van der Waals surface area (Å²) < 4.78 is 0. The van der Waals surface area contributed by atoms with E-state index in [4.69, 9.17) is 0 Å². The molecule has 0 aromatic carbocycles. The standard InChI is InChI=1S/C11H24N2O/c1-8(2)7-9(3)12-10(4)11(14)13(5)6/h8-10,12H,7H2,1-6H3/t9?,10-/m1/s1. The molecule has 84 valence electrons. The molecule has 2 atom stereocenters. The monoisotopic (exact) mass is 200 g/mol. The van der Waals surface area contributed by atoms with Crippen LogP contribution >= 0.6 is 0 Å². The van der Waals surface area contributed by atoms with Gasteiger partial charge in [-0.2, -0.15) is 0 Å². The Morgan fingerprint density at radius 3 is 2.07 bits per heavy atom. The van der Waals surface area contributed by atoms with Crippen molar-refractivity contribution in [3.8, 4) is 0 Å². The lowest BCUT2D eigenvalue weighted by atomic mass is 10.0. The minimum atomic E-state index is -0.0845. The molecule has 0 saturated carbocycles. The molecule has 0 aliphatic rings. The number of likely N-dealkylation sites (N-methyl/N-ethyl adjacent to an activating group) is 1. The van der Waals surface area contributed by atoms with E-state index in [1.165, 1.54) is 0 Å². The Hall–Kier alpha value is -0.570. The van der Waals surface area contributed by atoms with Gasteiger partial charge in [-0.25, -0.2) is 0 Å². The molecule has 1 unspecified atom stereocenters. The van der Waals surface area contributed by atoms with Gasteiger partial charge in [0.25, 0.3) is 0 Å². The van der Waals surface area contributed by atoms with Gasteiger partial charge in [-0.1, -0.05) is 13.8 Å². The summed E-state index contributed by atoms with van der Waals surface area (Å²) in [6, 6.07) is 0.313. The van der Waals surface area contributed by atoms with Gasteiger partial charge in [0, 0.05) is 20.1 Å². The van der Waals surface area contributed by atoms with Crippen LogP contribution in [-0.2, 0) is 4.79 Å². The zero-order chi connectivity index (χ0) is 11.3. The largest absolute Gasteiger partial charge is 0.347 e. The molecule has 0 heterocycles. The second kappa shape index (κ2) is 6.02. The van der Waals surface area contributed by atoms with E-state index < -0.39 is 0 Å². The molecule has 3 heteroatoms. The van der Waals surface area contributed by atoms with E-state index in [0.717, 1.165) is 6.42 Å². The first kappa shape index (κ1) is 13.4. The maximum absolute atomic E-state index is 11.5. The van der Waals surface area contributed by atoms with E-state index >= 15 is 0 Å². The number of carbonyl (C=O) groups is 1. The molecule has 1 N–H and O–H groups in total. The minimum Gasteiger partial charge on any atom is -0.347 e. The second-order valence-corrected chi connectivity index (χ2v) is 4.65. The van der Waals surface area contributed by atoms with Gasteiger partial charge in [0.2, 0.25) is 5.91 Å². The van der Waals surface area contributed by atoms with Crippen molar-refractivity contribution in [2.75, 3.05) is 14.1 Å². The van der Waals surface area contributed by atoms with Crippen molar-refractivity contribution in [1.82, 2.24) is 10.2 Å². The lowest BCUT2D eigenvalue weighted by Gasteiger charge is -2.23. The van der Waals surface area contributed by atoms with Crippen molar-refractivity contribution in [1.29, 1.82) is 0 Å². The van der Waals surface area contributed by atoms with Crippen molar-refractivity contribution in [2.45, 2.75) is 46.2 Å². The predicted molar refractivity (Wildman–Crippen MR) is 60.2 cm³/mol. The van der Waals surface area contributed by atoms with Gasteiger partial charge in [-0.05, 0) is 26.2 Å². The molecule has 0 aromatic rings. The molecule has 0 rings (SSSR count). The average molecular weight is 200 g/mol. The highest BCUT2D eigenvalue weighted by Crippen LogP contribution is 2.04. The third-order valence-corrected chi connectivity index (χ3v) is 2.17. The van der Waals surface area contributed by atoms with Crippen LogP contribution in [0.5, 0.6) is 0 Å². The SMILES string of the molecule is CC(C)CC(C)N[C@H](C)C(=O)N(C)C. The molecule has 0 aromatic heterocycles. The number of nitrogens with zero attached hydrogens (tertiary/aromatic N) is 1. The number of hydrogen-bond donors (Lipinski definition) is 1. The fourth-order valence-corrected chi connectivity index (χ4v) is 1.66. The second-order valence-electron chi connectivity index (χ2n) is 4.65. The van der Waals surface area contributed by atoms with E-state index in [9.17, 15) is 4.79 Å². The number of amides is 1. The summed E-state index contributed by atoms with van der Waals surface area (Å²) in [4.78, 5) is 13.2. The van der Waals surface area contributed by atoms with Gasteiger partial charge >= 0.3 is 0 Å². The van der Waals surface area contributed by atoms with Crippen molar-refractivity contribution in [3.05, 3.63) is 0 Å². The van der Waals surface area contributed by atoms with Crippen molar-refractivity contribution >= 4 is 5.91 Å². The van der Waals surface area contributed by atoms with Crippen LogP contribution in [0.1, 0.15) is 34.1 Å². The molecule has 0 aliphatic heterocycles. The molecular formula is C11H24N2O. The van der Waals surface area contributed by atoms with Gasteiger partial charge in [-0.3, -0.25) is 4.79 Å². The zero-order valence-electron chi connectivity index (χ0n) is 10.3. The summed E-state index contributed by atoms with van der Waals surface area (Å²) in [5.41, 5.74) is 0. The molecule has 3 nitrogen and oxygen atoms in total. The Morgan fingerprint density at radius 2 is 1.71 bits per heavy atom. The molecule has 14 heavy (non-hydrogen) atoms. The first-order valence-electron chi connectivity index (χ1n) is 5.31. The molecule has 0 saturated heterocycles. The van der Waals surface area contributed by atoms with E-state index in [0.29, 0.717) is 12.0 Å². The summed E-state index contributed by atoms with van der Waals surface area (Å²) in [7, 11) is 3.57. The molecule has 0 bridgehead atoms. The highest BCUT2D eigenvalue weighted by atomic mass is 16.2. The first-order chi connectivity index (χ1) is 6.34. The van der Waals surface area contributed by atoms with Crippen molar-refractivity contribution in [2.24, 2.45) is 5.92 Å². The van der Waals surface area contributed by atoms with Gasteiger partial charge in [-0.15, -0.1) is 0 Å². The predicted octanol–water partition coefficient (Wildman–Crippen LogP) is 1.49. The Balaban J connectivity index is 3.93. The van der Waals surface area contributed by atoms with Crippen LogP contribution in [0.25, 0.3) is 0 Å². The molecular weight excluding hydrogens is 176 g/mol. The van der Waals surface area contributed by atoms with Crippen LogP contribution in [0.15, 0.2) is 0 Å². The zero-order valence-corrected chi connectivity index (χ0v) is 10.3. The van der Waals surface area contributed by atoms with Gasteiger partial charge < -0.3 is 10.2 Å². The molecule has 0 spiro atoms. The number of nitrogens with one attached hydrogen (secondary N) is 1. The van der Waals surface area contributed by atoms with Gasteiger partial charge in [0.15, 0.2) is 0 Å². The van der Waals surface area contributed by atoms with Crippen LogP contribution in [0.2, 0.25) is 0 Å². The van der Waals surface area contributed by atoms with E-state index in [-0.39, 0.29) is 11.9 Å². The highest BCUT2D eigenvalue weighted by molar-refractivity contribution is 5.80. The molecule has 0 radical (unpaired) electrons. The fraction of sp³-hybridized carbons (Fsp3) is 0.909. The maximum Gasteiger partial charge on any atom is 0.238 e. The van der Waals surface area contributed by atoms with Crippen LogP contribution in [0, 0.1) is 5.92 Å². The molecule has 0 aliphatic carbocycles. The lowest BCUT2D eigenvalue weighted by Crippen LogP contribution is -2.45. The topological polar surface area (TPSA) is 32.3 Å². The average Bonchev–Trinajstić information content (AvgIpc) is 2.00. The number of hydrogen-bond acceptors (Lipinski definition) is 2. The molecule has 0 fully saturated rings. The summed E-state index contributed by atoms with van der Waals surface area (Å²) in [6.07, 6.45) is 1.10. The van der Waals surface area contributed by atoms with Crippen LogP contribution in [0.4, 0.5) is 0 Å². The highest BCUT2D eigenvalue weighted by Gasteiger charge is 2.16. The van der Waals surface area contributed by atoms with Crippen LogP contribution in [-0.4, -0.2) is 37.0 Å². The summed E-state index contributed by atoms with van der Waals surface area (Å²) in [5.74, 6) is 0.805. The van der Waals surface area contributed by atoms with E-state index in [2.05, 4.69) is 26.1 Å². The smallest absolute Gasteiger partial charge is 0.238 e. The van der Waals surface area contributed by atoms with E-state index in [1.54, 1.807) is 19.0 Å². The fourth-order valence-electron chi connectivity index (χ4n) is 1.66. The third kappa shape index (κ3) is 5.22. The third-order valence-electron chi connectivity index (χ3n) is 2.17. The number of rotatable bonds is 5. The summed E-state index contributed by atoms with van der Waals surface area (Å²) in [5, 5.41) is 3.30. The van der Waals surface area contributed by atoms with Crippen LogP contribution in [0.3, 0.4) is 0 Å². The van der Waals surface area contributed by atoms with Crippen molar-refractivity contribution in [3.63, 3.8) is 0 Å². The summed E-state index contributed by atoms with van der Waals surface area (Å²) in [6.45, 7) is 8.42.